The molecule has 0 fully saturated rings. The summed E-state index contributed by atoms with van der Waals surface area (Å²) < 4.78 is 26.4. The van der Waals surface area contributed by atoms with Crippen molar-refractivity contribution in [2.45, 2.75) is 31.6 Å². The number of para-hydroxylation sites is 1. The fourth-order valence-electron chi connectivity index (χ4n) is 1.63. The zero-order valence-corrected chi connectivity index (χ0v) is 11.8. The van der Waals surface area contributed by atoms with E-state index in [4.69, 9.17) is 0 Å². The van der Waals surface area contributed by atoms with Crippen LogP contribution in [-0.2, 0) is 10.0 Å². The van der Waals surface area contributed by atoms with Crippen molar-refractivity contribution in [3.63, 3.8) is 0 Å². The third kappa shape index (κ3) is 4.60. The number of hydrogen-bond acceptors (Lipinski definition) is 4. The molecule has 0 aliphatic rings. The molecule has 0 saturated carbocycles. The molecular weight excluding hydrogens is 268 g/mol. The van der Waals surface area contributed by atoms with Crippen LogP contribution < -0.4 is 4.72 Å². The van der Waals surface area contributed by atoms with Gasteiger partial charge in [0, 0.05) is 12.6 Å². The summed E-state index contributed by atoms with van der Waals surface area (Å²) >= 11 is 0. The minimum atomic E-state index is -3.83. The SMILES string of the molecule is CC(C)CCCNS(=O)(=O)c1ccccc1[N+](=O)[O-]. The fourth-order valence-corrected chi connectivity index (χ4v) is 2.87. The minimum absolute atomic E-state index is 0.284. The van der Waals surface area contributed by atoms with Crippen molar-refractivity contribution in [1.29, 1.82) is 0 Å². The largest absolute Gasteiger partial charge is 0.289 e. The lowest BCUT2D eigenvalue weighted by molar-refractivity contribution is -0.387. The summed E-state index contributed by atoms with van der Waals surface area (Å²) in [6, 6.07) is 5.33. The molecule has 0 unspecified atom stereocenters. The van der Waals surface area contributed by atoms with Gasteiger partial charge in [-0.15, -0.1) is 0 Å². The highest BCUT2D eigenvalue weighted by Crippen LogP contribution is 2.22. The van der Waals surface area contributed by atoms with Crippen LogP contribution in [0.1, 0.15) is 26.7 Å². The predicted octanol–water partition coefficient (Wildman–Crippen LogP) is 2.31. The molecule has 0 aromatic heterocycles. The maximum atomic E-state index is 12.0. The average molecular weight is 286 g/mol. The molecule has 1 aromatic carbocycles. The molecule has 0 spiro atoms. The van der Waals surface area contributed by atoms with Gasteiger partial charge < -0.3 is 0 Å². The van der Waals surface area contributed by atoms with E-state index in [1.807, 2.05) is 0 Å². The Bertz CT molecular complexity index is 540. The number of nitrogens with zero attached hydrogens (tertiary/aromatic N) is 1. The highest BCUT2D eigenvalue weighted by Gasteiger charge is 2.24. The Hall–Kier alpha value is -1.47. The van der Waals surface area contributed by atoms with Gasteiger partial charge in [-0.05, 0) is 24.8 Å². The van der Waals surface area contributed by atoms with Gasteiger partial charge in [-0.2, -0.15) is 0 Å². The fraction of sp³-hybridized carbons (Fsp3) is 0.500. The first-order valence-electron chi connectivity index (χ1n) is 6.07. The first-order chi connectivity index (χ1) is 8.84. The lowest BCUT2D eigenvalue weighted by atomic mass is 10.1. The van der Waals surface area contributed by atoms with E-state index in [1.54, 1.807) is 0 Å². The maximum absolute atomic E-state index is 12.0. The molecule has 1 rings (SSSR count). The van der Waals surface area contributed by atoms with Gasteiger partial charge in [-0.3, -0.25) is 10.1 Å². The first kappa shape index (κ1) is 15.6. The lowest BCUT2D eigenvalue weighted by Gasteiger charge is -2.08. The van der Waals surface area contributed by atoms with E-state index in [1.165, 1.54) is 24.3 Å². The van der Waals surface area contributed by atoms with Crippen LogP contribution in [0.25, 0.3) is 0 Å². The number of rotatable bonds is 7. The van der Waals surface area contributed by atoms with Crippen molar-refractivity contribution >= 4 is 15.7 Å². The summed E-state index contributed by atoms with van der Waals surface area (Å²) in [5, 5.41) is 10.8. The topological polar surface area (TPSA) is 89.3 Å². The molecule has 19 heavy (non-hydrogen) atoms. The monoisotopic (exact) mass is 286 g/mol. The van der Waals surface area contributed by atoms with Crippen LogP contribution in [0.15, 0.2) is 29.2 Å². The average Bonchev–Trinajstić information content (AvgIpc) is 2.34. The van der Waals surface area contributed by atoms with Gasteiger partial charge in [0.25, 0.3) is 5.69 Å². The number of benzene rings is 1. The molecule has 0 heterocycles. The summed E-state index contributed by atoms with van der Waals surface area (Å²) in [4.78, 5) is 9.82. The lowest BCUT2D eigenvalue weighted by Crippen LogP contribution is -2.25. The van der Waals surface area contributed by atoms with Crippen molar-refractivity contribution in [1.82, 2.24) is 4.72 Å². The minimum Gasteiger partial charge on any atom is -0.258 e. The van der Waals surface area contributed by atoms with Gasteiger partial charge in [0.1, 0.15) is 0 Å². The van der Waals surface area contributed by atoms with Crippen molar-refractivity contribution in [3.05, 3.63) is 34.4 Å². The summed E-state index contributed by atoms with van der Waals surface area (Å²) in [6.45, 7) is 4.39. The van der Waals surface area contributed by atoms with Gasteiger partial charge in [0.2, 0.25) is 10.0 Å². The highest BCUT2D eigenvalue weighted by molar-refractivity contribution is 7.89. The van der Waals surface area contributed by atoms with Crippen LogP contribution in [0.3, 0.4) is 0 Å². The maximum Gasteiger partial charge on any atom is 0.289 e. The number of hydrogen-bond donors (Lipinski definition) is 1. The second kappa shape index (κ2) is 6.63. The Balaban J connectivity index is 2.80. The van der Waals surface area contributed by atoms with Crippen molar-refractivity contribution in [2.24, 2.45) is 5.92 Å². The third-order valence-corrected chi connectivity index (χ3v) is 4.11. The standard InChI is InChI=1S/C12H18N2O4S/c1-10(2)6-5-9-13-19(17,18)12-8-4-3-7-11(12)14(15)16/h3-4,7-8,10,13H,5-6,9H2,1-2H3. The quantitative estimate of drug-likeness (QED) is 0.473. The molecule has 0 atom stereocenters. The molecule has 1 N–H and O–H groups in total. The molecule has 0 aliphatic carbocycles. The molecule has 0 saturated heterocycles. The second-order valence-corrected chi connectivity index (χ2v) is 6.39. The summed E-state index contributed by atoms with van der Waals surface area (Å²) in [6.07, 6.45) is 1.61. The summed E-state index contributed by atoms with van der Waals surface area (Å²) in [7, 11) is -3.83. The Morgan fingerprint density at radius 1 is 1.32 bits per heavy atom. The van der Waals surface area contributed by atoms with E-state index in [0.717, 1.165) is 6.42 Å². The molecule has 7 heteroatoms. The van der Waals surface area contributed by atoms with Crippen molar-refractivity contribution in [3.8, 4) is 0 Å². The van der Waals surface area contributed by atoms with Gasteiger partial charge in [0.15, 0.2) is 4.90 Å². The van der Waals surface area contributed by atoms with Crippen LogP contribution in [0.2, 0.25) is 0 Å². The predicted molar refractivity (Wildman–Crippen MR) is 72.4 cm³/mol. The van der Waals surface area contributed by atoms with Crippen LogP contribution in [0.4, 0.5) is 5.69 Å². The van der Waals surface area contributed by atoms with Crippen molar-refractivity contribution in [2.75, 3.05) is 6.54 Å². The summed E-state index contributed by atoms with van der Waals surface area (Å²) in [5.74, 6) is 0.496. The smallest absolute Gasteiger partial charge is 0.258 e. The van der Waals surface area contributed by atoms with Crippen LogP contribution >= 0.6 is 0 Å². The molecule has 0 amide bonds. The first-order valence-corrected chi connectivity index (χ1v) is 7.56. The molecular formula is C12H18N2O4S. The van der Waals surface area contributed by atoms with Gasteiger partial charge >= 0.3 is 0 Å². The molecule has 106 valence electrons. The van der Waals surface area contributed by atoms with Gasteiger partial charge in [-0.25, -0.2) is 13.1 Å². The Kier molecular flexibility index (Phi) is 5.44. The highest BCUT2D eigenvalue weighted by atomic mass is 32.2. The zero-order valence-electron chi connectivity index (χ0n) is 11.0. The van der Waals surface area contributed by atoms with E-state index in [0.29, 0.717) is 12.3 Å². The van der Waals surface area contributed by atoms with E-state index < -0.39 is 20.6 Å². The van der Waals surface area contributed by atoms with E-state index >= 15 is 0 Å². The number of nitro benzene ring substituents is 1. The molecule has 0 radical (unpaired) electrons. The number of nitro groups is 1. The Morgan fingerprint density at radius 3 is 2.53 bits per heavy atom. The van der Waals surface area contributed by atoms with Gasteiger partial charge in [-0.1, -0.05) is 26.0 Å². The number of sulfonamides is 1. The third-order valence-electron chi connectivity index (χ3n) is 2.60. The Labute approximate surface area is 113 Å². The van der Waals surface area contributed by atoms with Gasteiger partial charge in [0.05, 0.1) is 4.92 Å². The normalized spacial score (nSPS) is 11.7. The van der Waals surface area contributed by atoms with E-state index in [-0.39, 0.29) is 11.4 Å². The summed E-state index contributed by atoms with van der Waals surface area (Å²) in [5.41, 5.74) is -0.404. The van der Waals surface area contributed by atoms with E-state index in [2.05, 4.69) is 18.6 Å². The van der Waals surface area contributed by atoms with Crippen LogP contribution in [-0.4, -0.2) is 19.9 Å². The van der Waals surface area contributed by atoms with Crippen LogP contribution in [0, 0.1) is 16.0 Å². The molecule has 0 bridgehead atoms. The second-order valence-electron chi connectivity index (χ2n) is 4.66. The van der Waals surface area contributed by atoms with Crippen LogP contribution in [0.5, 0.6) is 0 Å². The molecule has 0 aliphatic heterocycles. The zero-order chi connectivity index (χ0) is 14.5. The van der Waals surface area contributed by atoms with Crippen molar-refractivity contribution < 1.29 is 13.3 Å². The number of nitrogens with one attached hydrogen (secondary N) is 1. The molecule has 6 nitrogen and oxygen atoms in total. The van der Waals surface area contributed by atoms with E-state index in [9.17, 15) is 18.5 Å². The molecule has 1 aromatic rings. The Morgan fingerprint density at radius 2 is 1.95 bits per heavy atom.